The summed E-state index contributed by atoms with van der Waals surface area (Å²) in [5.41, 5.74) is -1.76. The maximum atomic E-state index is 13.3. The van der Waals surface area contributed by atoms with Crippen LogP contribution in [0.15, 0.2) is 28.8 Å². The molecule has 0 aliphatic carbocycles. The summed E-state index contributed by atoms with van der Waals surface area (Å²) in [6.45, 7) is -0.0602. The molecule has 1 aromatic heterocycles. The number of alkyl halides is 3. The molecule has 112 valence electrons. The molecular weight excluding hydrogens is 290 g/mol. The van der Waals surface area contributed by atoms with Gasteiger partial charge in [-0.3, -0.25) is 0 Å². The third kappa shape index (κ3) is 2.29. The smallest absolute Gasteiger partial charge is 0.338 e. The van der Waals surface area contributed by atoms with Gasteiger partial charge in [0.15, 0.2) is 5.41 Å². The molecule has 1 aromatic carbocycles. The van der Waals surface area contributed by atoms with Crippen molar-refractivity contribution in [3.63, 3.8) is 0 Å². The summed E-state index contributed by atoms with van der Waals surface area (Å²) < 4.78 is 57.7. The van der Waals surface area contributed by atoms with Gasteiger partial charge in [0.2, 0.25) is 11.7 Å². The van der Waals surface area contributed by atoms with E-state index in [0.29, 0.717) is 5.56 Å². The molecule has 4 nitrogen and oxygen atoms in total. The zero-order valence-electron chi connectivity index (χ0n) is 10.7. The Balaban J connectivity index is 1.99. The van der Waals surface area contributed by atoms with Crippen molar-refractivity contribution in [3.05, 3.63) is 36.0 Å². The average molecular weight is 301 g/mol. The number of nitrogens with one attached hydrogen (secondary N) is 1. The van der Waals surface area contributed by atoms with Crippen LogP contribution in [0.1, 0.15) is 12.3 Å². The molecule has 0 unspecified atom stereocenters. The molecular formula is C13H11F4N3O. The molecule has 1 fully saturated rings. The van der Waals surface area contributed by atoms with Crippen LogP contribution in [0, 0.1) is 5.82 Å². The first-order valence-corrected chi connectivity index (χ1v) is 6.30. The predicted molar refractivity (Wildman–Crippen MR) is 64.9 cm³/mol. The van der Waals surface area contributed by atoms with E-state index in [1.165, 1.54) is 24.3 Å². The van der Waals surface area contributed by atoms with Gasteiger partial charge < -0.3 is 9.84 Å². The highest BCUT2D eigenvalue weighted by atomic mass is 19.4. The van der Waals surface area contributed by atoms with Gasteiger partial charge in [-0.25, -0.2) is 4.39 Å². The van der Waals surface area contributed by atoms with Crippen molar-refractivity contribution in [2.75, 3.05) is 13.1 Å². The third-order valence-corrected chi connectivity index (χ3v) is 3.64. The van der Waals surface area contributed by atoms with Gasteiger partial charge in [0.1, 0.15) is 5.82 Å². The molecule has 3 rings (SSSR count). The van der Waals surface area contributed by atoms with E-state index < -0.39 is 23.3 Å². The zero-order chi connectivity index (χ0) is 15.1. The number of aromatic nitrogens is 2. The van der Waals surface area contributed by atoms with Gasteiger partial charge in [-0.1, -0.05) is 5.16 Å². The van der Waals surface area contributed by atoms with E-state index in [9.17, 15) is 17.6 Å². The summed E-state index contributed by atoms with van der Waals surface area (Å²) >= 11 is 0. The molecule has 1 aliphatic rings. The Morgan fingerprint density at radius 2 is 1.90 bits per heavy atom. The number of nitrogens with zero attached hydrogens (tertiary/aromatic N) is 2. The highest BCUT2D eigenvalue weighted by molar-refractivity contribution is 5.54. The van der Waals surface area contributed by atoms with Gasteiger partial charge in [-0.15, -0.1) is 0 Å². The SMILES string of the molecule is Fc1ccc(-c2noc([C@@]3(C(F)(F)F)CCNC3)n2)cc1. The largest absolute Gasteiger partial charge is 0.404 e. The second-order valence-electron chi connectivity index (χ2n) is 4.94. The topological polar surface area (TPSA) is 51.0 Å². The van der Waals surface area contributed by atoms with Crippen molar-refractivity contribution in [3.8, 4) is 11.4 Å². The summed E-state index contributed by atoms with van der Waals surface area (Å²) in [4.78, 5) is 3.87. The summed E-state index contributed by atoms with van der Waals surface area (Å²) in [5, 5.41) is 6.26. The molecule has 0 bridgehead atoms. The minimum absolute atomic E-state index is 0.0144. The Morgan fingerprint density at radius 3 is 2.48 bits per heavy atom. The lowest BCUT2D eigenvalue weighted by Crippen LogP contribution is -2.44. The molecule has 8 heteroatoms. The van der Waals surface area contributed by atoms with Crippen molar-refractivity contribution >= 4 is 0 Å². The number of benzene rings is 1. The van der Waals surface area contributed by atoms with Gasteiger partial charge in [0.25, 0.3) is 0 Å². The maximum Gasteiger partial charge on any atom is 0.404 e. The molecule has 21 heavy (non-hydrogen) atoms. The van der Waals surface area contributed by atoms with Crippen LogP contribution in [-0.2, 0) is 5.41 Å². The third-order valence-electron chi connectivity index (χ3n) is 3.64. The fourth-order valence-electron chi connectivity index (χ4n) is 2.37. The van der Waals surface area contributed by atoms with Crippen LogP contribution >= 0.6 is 0 Å². The van der Waals surface area contributed by atoms with E-state index >= 15 is 0 Å². The normalized spacial score (nSPS) is 22.7. The second-order valence-corrected chi connectivity index (χ2v) is 4.94. The van der Waals surface area contributed by atoms with Crippen molar-refractivity contribution in [2.24, 2.45) is 0 Å². The zero-order valence-corrected chi connectivity index (χ0v) is 10.7. The van der Waals surface area contributed by atoms with Crippen LogP contribution in [0.2, 0.25) is 0 Å². The van der Waals surface area contributed by atoms with E-state index in [2.05, 4.69) is 15.5 Å². The standard InChI is InChI=1S/C13H11F4N3O/c14-9-3-1-8(2-4-9)10-19-11(21-20-10)12(13(15,16)17)5-6-18-7-12/h1-4,18H,5-7H2/t12-/m1/s1. The molecule has 0 amide bonds. The van der Waals surface area contributed by atoms with E-state index in [4.69, 9.17) is 4.52 Å². The van der Waals surface area contributed by atoms with E-state index in [-0.39, 0.29) is 25.3 Å². The number of hydrogen-bond acceptors (Lipinski definition) is 4. The molecule has 0 radical (unpaired) electrons. The van der Waals surface area contributed by atoms with Gasteiger partial charge in [0.05, 0.1) is 0 Å². The first-order valence-electron chi connectivity index (χ1n) is 6.30. The monoisotopic (exact) mass is 301 g/mol. The Labute approximate surface area is 117 Å². The number of hydrogen-bond donors (Lipinski definition) is 1. The average Bonchev–Trinajstić information content (AvgIpc) is 3.08. The van der Waals surface area contributed by atoms with Gasteiger partial charge >= 0.3 is 6.18 Å². The first kappa shape index (κ1) is 14.0. The van der Waals surface area contributed by atoms with Crippen LogP contribution < -0.4 is 5.32 Å². The molecule has 0 spiro atoms. The lowest BCUT2D eigenvalue weighted by atomic mass is 9.86. The minimum Gasteiger partial charge on any atom is -0.338 e. The maximum absolute atomic E-state index is 13.3. The number of halogens is 4. The Hall–Kier alpha value is -1.96. The van der Waals surface area contributed by atoms with Crippen LogP contribution in [0.25, 0.3) is 11.4 Å². The van der Waals surface area contributed by atoms with Gasteiger partial charge in [0, 0.05) is 12.1 Å². The quantitative estimate of drug-likeness (QED) is 0.867. The number of rotatable bonds is 2. The van der Waals surface area contributed by atoms with Crippen LogP contribution in [0.5, 0.6) is 0 Å². The summed E-state index contributed by atoms with van der Waals surface area (Å²) in [6.07, 6.45) is -4.63. The predicted octanol–water partition coefficient (Wildman–Crippen LogP) is 2.67. The fraction of sp³-hybridized carbons (Fsp3) is 0.385. The highest BCUT2D eigenvalue weighted by Gasteiger charge is 2.61. The Morgan fingerprint density at radius 1 is 1.19 bits per heavy atom. The van der Waals surface area contributed by atoms with Crippen molar-refractivity contribution in [1.82, 2.24) is 15.5 Å². The summed E-state index contributed by atoms with van der Waals surface area (Å²) in [5.74, 6) is -0.894. The van der Waals surface area contributed by atoms with E-state index in [1.807, 2.05) is 0 Å². The second kappa shape index (κ2) is 4.80. The molecule has 2 aromatic rings. The van der Waals surface area contributed by atoms with Crippen LogP contribution in [-0.4, -0.2) is 29.4 Å². The lowest BCUT2D eigenvalue weighted by Gasteiger charge is -2.26. The van der Waals surface area contributed by atoms with Crippen LogP contribution in [0.3, 0.4) is 0 Å². The summed E-state index contributed by atoms with van der Waals surface area (Å²) in [7, 11) is 0. The molecule has 1 N–H and O–H groups in total. The van der Waals surface area contributed by atoms with Crippen molar-refractivity contribution < 1.29 is 22.1 Å². The molecule has 1 aliphatic heterocycles. The van der Waals surface area contributed by atoms with E-state index in [0.717, 1.165) is 0 Å². The van der Waals surface area contributed by atoms with Gasteiger partial charge in [-0.2, -0.15) is 18.2 Å². The lowest BCUT2D eigenvalue weighted by molar-refractivity contribution is -0.191. The molecule has 0 saturated carbocycles. The first-order chi connectivity index (χ1) is 9.92. The van der Waals surface area contributed by atoms with Gasteiger partial charge in [-0.05, 0) is 37.2 Å². The molecule has 2 heterocycles. The molecule has 1 atom stereocenters. The Kier molecular flexibility index (Phi) is 3.20. The minimum atomic E-state index is -4.48. The highest BCUT2D eigenvalue weighted by Crippen LogP contribution is 2.45. The van der Waals surface area contributed by atoms with Crippen LogP contribution in [0.4, 0.5) is 17.6 Å². The summed E-state index contributed by atoms with van der Waals surface area (Å²) in [6, 6.07) is 5.14. The fourth-order valence-corrected chi connectivity index (χ4v) is 2.37. The van der Waals surface area contributed by atoms with Crippen molar-refractivity contribution in [2.45, 2.75) is 18.0 Å². The van der Waals surface area contributed by atoms with E-state index in [1.54, 1.807) is 0 Å². The Bertz CT molecular complexity index is 630. The van der Waals surface area contributed by atoms with Crippen molar-refractivity contribution in [1.29, 1.82) is 0 Å². The molecule has 1 saturated heterocycles.